The topological polar surface area (TPSA) is 4.10 Å². The molecule has 0 amide bonds. The Morgan fingerprint density at radius 3 is 1.35 bits per heavy atom. The molecule has 0 atom stereocenters. The van der Waals surface area contributed by atoms with Gasteiger partial charge in [-0.15, -0.1) is 0 Å². The van der Waals surface area contributed by atoms with E-state index in [0.29, 0.717) is 0 Å². The number of rotatable bonds is 4. The van der Waals surface area contributed by atoms with Gasteiger partial charge in [-0.25, -0.2) is 0 Å². The predicted octanol–water partition coefficient (Wildman–Crippen LogP) is 9.27. The van der Waals surface area contributed by atoms with Crippen LogP contribution >= 0.6 is 30.5 Å². The molecule has 0 radical (unpaired) electrons. The van der Waals surface area contributed by atoms with Crippen LogP contribution in [0.25, 0.3) is 29.8 Å². The van der Waals surface area contributed by atoms with E-state index in [1.54, 1.807) is 22.7 Å². The first kappa shape index (κ1) is 23.2. The number of nitrogens with zero attached hydrogens (tertiary/aromatic N) is 1. The molecule has 0 aliphatic heterocycles. The van der Waals surface area contributed by atoms with Gasteiger partial charge in [-0.05, 0) is 55.9 Å². The van der Waals surface area contributed by atoms with Crippen LogP contribution in [0.4, 0.5) is 25.2 Å². The van der Waals surface area contributed by atoms with Crippen LogP contribution in [-0.2, 0) is 0 Å². The fourth-order valence-electron chi connectivity index (χ4n) is 2.51. The van der Waals surface area contributed by atoms with Crippen LogP contribution in [0.5, 0.6) is 0 Å². The Bertz CT molecular complexity index is 1120. The number of aromatic nitrogens is 1. The molecule has 0 fully saturated rings. The summed E-state index contributed by atoms with van der Waals surface area (Å²) in [6, 6.07) is 13.0. The molecule has 4 heterocycles. The third-order valence-corrected chi connectivity index (χ3v) is 5.21. The second-order valence-corrected chi connectivity index (χ2v) is 9.97. The summed E-state index contributed by atoms with van der Waals surface area (Å²) < 4.78 is 61.3. The number of hydrogen-bond acceptors (Lipinski definition) is 2. The van der Waals surface area contributed by atoms with Gasteiger partial charge in [-0.1, -0.05) is 24.3 Å². The van der Waals surface area contributed by atoms with Crippen LogP contribution in [0.1, 0.15) is 22.3 Å². The summed E-state index contributed by atoms with van der Waals surface area (Å²) in [7, 11) is -10.7. The summed E-state index contributed by atoms with van der Waals surface area (Å²) in [5.41, 5.74) is 6.11. The van der Waals surface area contributed by atoms with Gasteiger partial charge in [0.1, 0.15) is 0 Å². The van der Waals surface area contributed by atoms with Gasteiger partial charge < -0.3 is 0 Å². The Labute approximate surface area is 182 Å². The first-order chi connectivity index (χ1) is 14.3. The zero-order chi connectivity index (χ0) is 22.6. The van der Waals surface area contributed by atoms with Crippen molar-refractivity contribution in [2.24, 2.45) is 0 Å². The van der Waals surface area contributed by atoms with Crippen molar-refractivity contribution in [3.05, 3.63) is 92.6 Å². The van der Waals surface area contributed by atoms with Crippen LogP contribution in [0.3, 0.4) is 0 Å². The van der Waals surface area contributed by atoms with Gasteiger partial charge in [0, 0.05) is 24.3 Å². The fraction of sp³-hybridized carbons (Fsp3) is 0. The SMILES string of the molecule is C(=C\c1cc[n+]2ccc(/C=C/c3ccsc3)cc2c1)/c1ccsc1.F[P-](F)(F)(F)(F)F. The molecule has 0 aliphatic rings. The molecule has 0 aromatic carbocycles. The van der Waals surface area contributed by atoms with E-state index in [4.69, 9.17) is 0 Å². The fourth-order valence-corrected chi connectivity index (χ4v) is 3.77. The first-order valence-corrected chi connectivity index (χ1v) is 12.7. The Balaban J connectivity index is 0.000000339. The minimum atomic E-state index is -10.7. The van der Waals surface area contributed by atoms with Crippen molar-refractivity contribution >= 4 is 60.3 Å². The van der Waals surface area contributed by atoms with Crippen LogP contribution in [0.2, 0.25) is 0 Å². The average molecular weight is 491 g/mol. The maximum absolute atomic E-state index is 10.7. The average Bonchev–Trinajstić information content (AvgIpc) is 3.35. The van der Waals surface area contributed by atoms with Gasteiger partial charge in [0.15, 0.2) is 12.4 Å². The van der Waals surface area contributed by atoms with E-state index in [-0.39, 0.29) is 0 Å². The Morgan fingerprint density at radius 1 is 0.613 bits per heavy atom. The van der Waals surface area contributed by atoms with E-state index in [0.717, 1.165) is 0 Å². The Morgan fingerprint density at radius 2 is 1.00 bits per heavy atom. The standard InChI is InChI=1S/C21H16NS2.F6P/c1(3-19-7-11-23-15-19)17-5-9-22-10-6-18(14-21(22)13-17)2-4-20-8-12-24-16-20;1-7(2,3,4,5)6/h1-16H;/q+1;-1/b3-1+,4-2+;. The molecule has 0 aliphatic carbocycles. The van der Waals surface area contributed by atoms with E-state index in [1.807, 2.05) is 0 Å². The summed E-state index contributed by atoms with van der Waals surface area (Å²) in [6.07, 6.45) is 12.8. The third kappa shape index (κ3) is 9.46. The molecule has 31 heavy (non-hydrogen) atoms. The molecular formula is C21H16F6NPS2. The van der Waals surface area contributed by atoms with E-state index >= 15 is 0 Å². The van der Waals surface area contributed by atoms with Crippen molar-refractivity contribution in [3.8, 4) is 0 Å². The molecular weight excluding hydrogens is 475 g/mol. The second-order valence-electron chi connectivity index (χ2n) is 6.49. The van der Waals surface area contributed by atoms with Crippen molar-refractivity contribution in [1.82, 2.24) is 0 Å². The zero-order valence-electron chi connectivity index (χ0n) is 15.7. The van der Waals surface area contributed by atoms with Crippen molar-refractivity contribution in [2.45, 2.75) is 0 Å². The molecule has 0 spiro atoms. The molecule has 0 saturated heterocycles. The van der Waals surface area contributed by atoms with Gasteiger partial charge in [-0.2, -0.15) is 27.1 Å². The summed E-state index contributed by atoms with van der Waals surface area (Å²) in [4.78, 5) is 0. The van der Waals surface area contributed by atoms with E-state index in [1.165, 1.54) is 27.8 Å². The van der Waals surface area contributed by atoms with Gasteiger partial charge in [0.2, 0.25) is 5.52 Å². The summed E-state index contributed by atoms with van der Waals surface area (Å²) in [6.45, 7) is 0. The van der Waals surface area contributed by atoms with Crippen LogP contribution in [0, 0.1) is 0 Å². The third-order valence-electron chi connectivity index (χ3n) is 3.81. The number of halogens is 6. The molecule has 1 nitrogen and oxygen atoms in total. The Hall–Kier alpha value is -2.48. The summed E-state index contributed by atoms with van der Waals surface area (Å²) in [5.74, 6) is 0. The quantitative estimate of drug-likeness (QED) is 0.152. The van der Waals surface area contributed by atoms with Crippen LogP contribution in [-0.4, -0.2) is 0 Å². The molecule has 0 saturated carbocycles. The molecule has 4 rings (SSSR count). The van der Waals surface area contributed by atoms with E-state index in [9.17, 15) is 25.2 Å². The van der Waals surface area contributed by atoms with Crippen molar-refractivity contribution in [3.63, 3.8) is 0 Å². The molecule has 10 heteroatoms. The van der Waals surface area contributed by atoms with E-state index < -0.39 is 7.81 Å². The Kier molecular flexibility index (Phi) is 6.15. The second kappa shape index (κ2) is 8.22. The van der Waals surface area contributed by atoms with Crippen molar-refractivity contribution in [2.75, 3.05) is 0 Å². The number of fused-ring (bicyclic) bond motifs is 1. The molecule has 0 bridgehead atoms. The summed E-state index contributed by atoms with van der Waals surface area (Å²) >= 11 is 3.44. The zero-order valence-corrected chi connectivity index (χ0v) is 18.2. The van der Waals surface area contributed by atoms with E-state index in [2.05, 4.69) is 99.0 Å². The molecule has 0 N–H and O–H groups in total. The first-order valence-electron chi connectivity index (χ1n) is 8.74. The molecule has 4 aromatic heterocycles. The van der Waals surface area contributed by atoms with Gasteiger partial charge in [0.05, 0.1) is 0 Å². The van der Waals surface area contributed by atoms with Gasteiger partial charge >= 0.3 is 33.0 Å². The molecule has 0 unspecified atom stereocenters. The summed E-state index contributed by atoms with van der Waals surface area (Å²) in [5, 5.41) is 8.50. The van der Waals surface area contributed by atoms with Crippen LogP contribution < -0.4 is 4.40 Å². The number of hydrogen-bond donors (Lipinski definition) is 0. The maximum atomic E-state index is 9.87. The predicted molar refractivity (Wildman–Crippen MR) is 120 cm³/mol. The molecule has 4 aromatic rings. The molecule has 164 valence electrons. The normalized spacial score (nSPS) is 14.4. The van der Waals surface area contributed by atoms with Gasteiger partial charge in [0.25, 0.3) is 0 Å². The van der Waals surface area contributed by atoms with Crippen LogP contribution in [0.15, 0.2) is 70.3 Å². The minimum absolute atomic E-state index is 1.19. The monoisotopic (exact) mass is 491 g/mol. The number of pyridine rings is 2. The van der Waals surface area contributed by atoms with Crippen molar-refractivity contribution < 1.29 is 29.6 Å². The van der Waals surface area contributed by atoms with Gasteiger partial charge in [-0.3, -0.25) is 0 Å². The van der Waals surface area contributed by atoms with Crippen molar-refractivity contribution in [1.29, 1.82) is 0 Å². The number of thiophene rings is 2.